The number of carbonyl (C=O) groups is 5. The molecule has 2 bridgehead atoms. The minimum Gasteiger partial charge on any atom is -0.457 e. The van der Waals surface area contributed by atoms with Crippen LogP contribution in [0.5, 0.6) is 0 Å². The lowest BCUT2D eigenvalue weighted by molar-refractivity contribution is -0.870. The van der Waals surface area contributed by atoms with Crippen LogP contribution >= 0.6 is 7.82 Å². The van der Waals surface area contributed by atoms with Gasteiger partial charge in [-0.25, -0.2) is 4.57 Å². The summed E-state index contributed by atoms with van der Waals surface area (Å²) >= 11 is 0. The third-order valence-electron chi connectivity index (χ3n) is 15.0. The van der Waals surface area contributed by atoms with Crippen LogP contribution in [0.4, 0.5) is 5.69 Å². The lowest BCUT2D eigenvalue weighted by Gasteiger charge is -2.28. The van der Waals surface area contributed by atoms with Crippen LogP contribution in [-0.4, -0.2) is 90.3 Å². The van der Waals surface area contributed by atoms with Crippen molar-refractivity contribution >= 4 is 42.9 Å². The van der Waals surface area contributed by atoms with E-state index in [2.05, 4.69) is 17.6 Å². The zero-order valence-corrected chi connectivity index (χ0v) is 50.6. The number of likely N-dealkylation sites (N-methyl/N-ethyl adjacent to an activating group) is 1. The van der Waals surface area contributed by atoms with E-state index in [1.54, 1.807) is 43.3 Å². The summed E-state index contributed by atoms with van der Waals surface area (Å²) in [6.07, 6.45) is 27.5. The van der Waals surface area contributed by atoms with Gasteiger partial charge in [-0.15, -0.1) is 0 Å². The Morgan fingerprint density at radius 3 is 2.00 bits per heavy atom. The lowest BCUT2D eigenvalue weighted by Crippen LogP contribution is -2.37. The van der Waals surface area contributed by atoms with Crippen molar-refractivity contribution in [2.24, 2.45) is 23.7 Å². The summed E-state index contributed by atoms with van der Waals surface area (Å²) in [6.45, 7) is 15.4. The molecule has 2 unspecified atom stereocenters. The van der Waals surface area contributed by atoms with Gasteiger partial charge in [-0.2, -0.15) is 0 Å². The molecule has 0 saturated carbocycles. The quantitative estimate of drug-likeness (QED) is 0.0143. The fraction of sp³-hybridized carbons (Fsp3) is 0.667. The van der Waals surface area contributed by atoms with E-state index in [0.29, 0.717) is 64.7 Å². The normalized spacial score (nSPS) is 24.0. The molecule has 0 saturated heterocycles. The number of fused-ring (bicyclic) bond motifs is 2. The van der Waals surface area contributed by atoms with Gasteiger partial charge in [0.15, 0.2) is 5.78 Å². The first kappa shape index (κ1) is 68.0. The monoisotopic (exact) mass is 1110 g/mol. The fourth-order valence-corrected chi connectivity index (χ4v) is 11.3. The molecule has 1 aromatic carbocycles. The van der Waals surface area contributed by atoms with Gasteiger partial charge in [0, 0.05) is 53.7 Å². The molecule has 2 aliphatic rings. The average Bonchev–Trinajstić information content (AvgIpc) is 3.39. The molecule has 3 rings (SSSR count). The molecule has 1 heterocycles. The van der Waals surface area contributed by atoms with Crippen LogP contribution in [0.3, 0.4) is 0 Å². The van der Waals surface area contributed by atoms with Crippen molar-refractivity contribution in [1.82, 2.24) is 5.32 Å². The predicted octanol–water partition coefficient (Wildman–Crippen LogP) is 13.9. The number of allylic oxidation sites excluding steroid dienone is 5. The summed E-state index contributed by atoms with van der Waals surface area (Å²) in [5.74, 6) is -2.87. The van der Waals surface area contributed by atoms with Crippen LogP contribution in [0.15, 0.2) is 82.6 Å². The van der Waals surface area contributed by atoms with E-state index in [1.807, 2.05) is 67.9 Å². The Kier molecular flexibility index (Phi) is 30.9. The van der Waals surface area contributed by atoms with Crippen molar-refractivity contribution in [2.45, 2.75) is 215 Å². The third-order valence-corrected chi connectivity index (χ3v) is 16.0. The first-order valence-corrected chi connectivity index (χ1v) is 31.0. The first-order valence-electron chi connectivity index (χ1n) is 29.5. The van der Waals surface area contributed by atoms with Gasteiger partial charge in [-0.05, 0) is 87.5 Å². The number of rotatable bonds is 30. The maximum absolute atomic E-state index is 14.2. The van der Waals surface area contributed by atoms with Crippen LogP contribution in [0.2, 0.25) is 0 Å². The molecule has 8 atom stereocenters. The molecule has 1 aromatic rings. The first-order chi connectivity index (χ1) is 36.9. The molecule has 0 radical (unpaired) electrons. The van der Waals surface area contributed by atoms with Crippen LogP contribution < -0.4 is 10.6 Å². The van der Waals surface area contributed by atoms with Gasteiger partial charge in [0.05, 0.1) is 39.0 Å². The van der Waals surface area contributed by atoms with Crippen molar-refractivity contribution in [3.8, 4) is 0 Å². The number of aliphatic hydroxyl groups is 1. The maximum Gasteiger partial charge on any atom is 0.472 e. The van der Waals surface area contributed by atoms with E-state index in [-0.39, 0.29) is 66.9 Å². The third kappa shape index (κ3) is 26.3. The van der Waals surface area contributed by atoms with Crippen LogP contribution in [0, 0.1) is 23.7 Å². The van der Waals surface area contributed by atoms with Gasteiger partial charge in [0.1, 0.15) is 19.3 Å². The summed E-state index contributed by atoms with van der Waals surface area (Å²) in [4.78, 5) is 77.6. The number of hydrogen-bond donors (Lipinski definition) is 4. The fourth-order valence-electron chi connectivity index (χ4n) is 10.4. The number of Topliss-reactive ketones (excluding diaryl/α,β-unsaturated/α-hetero) is 1. The summed E-state index contributed by atoms with van der Waals surface area (Å²) in [6, 6.07) is 7.12. The van der Waals surface area contributed by atoms with Gasteiger partial charge in [-0.3, -0.25) is 33.0 Å². The number of unbranched alkanes of at least 4 members (excludes halogenated alkanes) is 15. The highest BCUT2D eigenvalue weighted by molar-refractivity contribution is 7.47. The highest BCUT2D eigenvalue weighted by Gasteiger charge is 2.33. The summed E-state index contributed by atoms with van der Waals surface area (Å²) < 4.78 is 30.7. The van der Waals surface area contributed by atoms with Crippen molar-refractivity contribution in [2.75, 3.05) is 39.6 Å². The summed E-state index contributed by atoms with van der Waals surface area (Å²) in [5.41, 5.74) is 2.95. The number of quaternary nitrogens is 1. The van der Waals surface area contributed by atoms with Crippen molar-refractivity contribution in [3.63, 3.8) is 0 Å². The number of ether oxygens (including phenoxy) is 1. The largest absolute Gasteiger partial charge is 0.472 e. The van der Waals surface area contributed by atoms with Crippen molar-refractivity contribution in [3.05, 3.63) is 88.2 Å². The number of carbonyl (C=O) groups excluding carboxylic acids is 5. The van der Waals surface area contributed by atoms with Crippen LogP contribution in [-0.2, 0) is 42.3 Å². The van der Waals surface area contributed by atoms with Gasteiger partial charge in [0.2, 0.25) is 11.7 Å². The van der Waals surface area contributed by atoms with E-state index in [9.17, 15) is 38.5 Å². The molecule has 0 spiro atoms. The zero-order chi connectivity index (χ0) is 57.8. The average molecular weight is 1110 g/mol. The Morgan fingerprint density at radius 1 is 0.833 bits per heavy atom. The summed E-state index contributed by atoms with van der Waals surface area (Å²) in [7, 11) is 1.57. The molecule has 438 valence electrons. The smallest absolute Gasteiger partial charge is 0.457 e. The van der Waals surface area contributed by atoms with E-state index in [4.69, 9.17) is 13.8 Å². The number of hydrogen-bond acceptors (Lipinski definition) is 10. The minimum absolute atomic E-state index is 0.0698. The molecule has 15 heteroatoms. The number of phosphoric acid groups is 1. The highest BCUT2D eigenvalue weighted by atomic mass is 31.2. The number of phosphoric ester groups is 1. The standard InChI is InChI=1S/C63H100N3O11P/c1-12-13-14-15-16-17-18-19-20-21-22-23-24-25-26-33-58(77-78(73,74)75-40-39-66(9,10)11)52-35-37-53(38-36-52)64-59(69)34-28-27-32-54-55-42-45(2)41-48(5)60(70)49(6)43-50(7)62(76-51(8)67)46(3)30-29-31-47(4)63(72)65-56(61(55)71)44-57(54)68/h29-31,35-38,43-46,48-49,58,60,62,70H,12-28,32-34,39-42H2,1-11H3,(H2-,64,65,68,69,72,73,74)/p+1/b30-29-,47-31+,50-43+/t45-,46-,48-,49-,58?,60-,62+/m0/s1. The SMILES string of the molecule is CCCCCCCCCCCCCCCCCC(OP(=O)(O)OCC[N+](C)(C)C)c1ccc(NC(=O)CCCCC2=C3C[C@@H](C)C[C@H](C)[C@H](O)[C@@H](C)/C=C(\C)[C@H](OC(C)=O)[C@@H](C)/C=C\C=C(/C)C(=O)NC(=CC2=O)C3=O)cc1. The lowest BCUT2D eigenvalue weighted by atomic mass is 9.80. The molecule has 1 aliphatic heterocycles. The Balaban J connectivity index is 1.66. The van der Waals surface area contributed by atoms with Crippen LogP contribution in [0.25, 0.3) is 0 Å². The van der Waals surface area contributed by atoms with Crippen LogP contribution in [0.1, 0.15) is 208 Å². The van der Waals surface area contributed by atoms with Gasteiger partial charge >= 0.3 is 13.8 Å². The molecule has 78 heavy (non-hydrogen) atoms. The predicted molar refractivity (Wildman–Crippen MR) is 313 cm³/mol. The Morgan fingerprint density at radius 2 is 1.42 bits per heavy atom. The molecule has 2 amide bonds. The number of benzene rings is 1. The molecule has 1 aliphatic carbocycles. The number of aliphatic hydroxyl groups excluding tert-OH is 1. The molecular weight excluding hydrogens is 1010 g/mol. The molecule has 4 N–H and O–H groups in total. The van der Waals surface area contributed by atoms with E-state index in [0.717, 1.165) is 24.8 Å². The molecule has 0 fully saturated rings. The van der Waals surface area contributed by atoms with Gasteiger partial charge in [0.25, 0.3) is 5.91 Å². The maximum atomic E-state index is 14.2. The molecular formula is C63H101N3O11P+. The minimum atomic E-state index is -4.38. The number of nitrogens with zero attached hydrogens (tertiary/aromatic N) is 1. The Bertz CT molecular complexity index is 2280. The highest BCUT2D eigenvalue weighted by Crippen LogP contribution is 2.49. The molecule has 14 nitrogen and oxygen atoms in total. The van der Waals surface area contributed by atoms with E-state index >= 15 is 0 Å². The van der Waals surface area contributed by atoms with Crippen molar-refractivity contribution < 1.29 is 56.8 Å². The van der Waals surface area contributed by atoms with E-state index < -0.39 is 43.8 Å². The van der Waals surface area contributed by atoms with Gasteiger partial charge in [-0.1, -0.05) is 167 Å². The number of ketones is 2. The van der Waals surface area contributed by atoms with Gasteiger partial charge < -0.3 is 29.9 Å². The topological polar surface area (TPSA) is 195 Å². The van der Waals surface area contributed by atoms with Crippen molar-refractivity contribution in [1.29, 1.82) is 0 Å². The Hall–Kier alpha value is -4.30. The second-order valence-electron chi connectivity index (χ2n) is 23.6. The number of esters is 1. The number of anilines is 1. The second kappa shape index (κ2) is 35.4. The molecule has 0 aromatic heterocycles. The summed E-state index contributed by atoms with van der Waals surface area (Å²) in [5, 5.41) is 17.1. The number of nitrogens with one attached hydrogen (secondary N) is 2. The zero-order valence-electron chi connectivity index (χ0n) is 49.7. The Labute approximate surface area is 469 Å². The number of amides is 2. The van der Waals surface area contributed by atoms with E-state index in [1.165, 1.54) is 90.0 Å². The second-order valence-corrected chi connectivity index (χ2v) is 25.0.